The Morgan fingerprint density at radius 3 is 2.47 bits per heavy atom. The minimum absolute atomic E-state index is 0.0174. The van der Waals surface area contributed by atoms with Gasteiger partial charge in [0.05, 0.1) is 0 Å². The number of aromatic nitrogens is 1. The molecule has 1 heterocycles. The Bertz CT molecular complexity index is 1360. The quantitative estimate of drug-likeness (QED) is 0.272. The SMILES string of the molecule is CCn1c2ccccc2c2cc(NC(=O)COC(=O)/C=C/c3ccc(OC(F)F)cc3)ccc21. The fraction of sp³-hybridized carbons (Fsp3) is 0.154. The largest absolute Gasteiger partial charge is 0.452 e. The zero-order valence-corrected chi connectivity index (χ0v) is 18.3. The van der Waals surface area contributed by atoms with E-state index >= 15 is 0 Å². The summed E-state index contributed by atoms with van der Waals surface area (Å²) in [6, 6.07) is 19.5. The summed E-state index contributed by atoms with van der Waals surface area (Å²) in [5, 5.41) is 4.88. The van der Waals surface area contributed by atoms with Crippen molar-refractivity contribution in [2.24, 2.45) is 0 Å². The number of ether oxygens (including phenoxy) is 2. The molecule has 0 spiro atoms. The van der Waals surface area contributed by atoms with Crippen molar-refractivity contribution in [2.75, 3.05) is 11.9 Å². The summed E-state index contributed by atoms with van der Waals surface area (Å²) in [6.45, 7) is -0.436. The summed E-state index contributed by atoms with van der Waals surface area (Å²) in [6.07, 6.45) is 2.60. The van der Waals surface area contributed by atoms with Crippen LogP contribution in [0.1, 0.15) is 12.5 Å². The molecule has 0 fully saturated rings. The van der Waals surface area contributed by atoms with Crippen molar-refractivity contribution in [3.05, 3.63) is 78.4 Å². The number of rotatable bonds is 8. The lowest BCUT2D eigenvalue weighted by atomic mass is 10.1. The van der Waals surface area contributed by atoms with Gasteiger partial charge in [-0.1, -0.05) is 30.3 Å². The maximum Gasteiger partial charge on any atom is 0.387 e. The van der Waals surface area contributed by atoms with E-state index in [2.05, 4.69) is 27.6 Å². The van der Waals surface area contributed by atoms with Crippen LogP contribution in [0.15, 0.2) is 72.8 Å². The molecule has 8 heteroatoms. The average molecular weight is 464 g/mol. The van der Waals surface area contributed by atoms with Crippen LogP contribution in [0.25, 0.3) is 27.9 Å². The molecule has 4 aromatic rings. The molecule has 0 aliphatic heterocycles. The predicted molar refractivity (Wildman–Crippen MR) is 127 cm³/mol. The van der Waals surface area contributed by atoms with Crippen LogP contribution < -0.4 is 10.1 Å². The smallest absolute Gasteiger partial charge is 0.387 e. The fourth-order valence-corrected chi connectivity index (χ4v) is 3.78. The van der Waals surface area contributed by atoms with Crippen LogP contribution in [0.4, 0.5) is 14.5 Å². The van der Waals surface area contributed by atoms with Gasteiger partial charge in [0.25, 0.3) is 5.91 Å². The summed E-state index contributed by atoms with van der Waals surface area (Å²) < 4.78 is 35.8. The molecule has 174 valence electrons. The van der Waals surface area contributed by atoms with E-state index in [-0.39, 0.29) is 5.75 Å². The van der Waals surface area contributed by atoms with E-state index in [1.54, 1.807) is 0 Å². The number of nitrogens with one attached hydrogen (secondary N) is 1. The zero-order valence-electron chi connectivity index (χ0n) is 18.3. The molecular formula is C26H22F2N2O4. The predicted octanol–water partition coefficient (Wildman–Crippen LogP) is 5.61. The zero-order chi connectivity index (χ0) is 24.1. The van der Waals surface area contributed by atoms with Gasteiger partial charge in [0.15, 0.2) is 6.61 Å². The maximum absolute atomic E-state index is 12.3. The highest BCUT2D eigenvalue weighted by Crippen LogP contribution is 2.31. The van der Waals surface area contributed by atoms with Crippen LogP contribution in [-0.2, 0) is 20.9 Å². The summed E-state index contributed by atoms with van der Waals surface area (Å²) >= 11 is 0. The first kappa shape index (κ1) is 23.0. The number of fused-ring (bicyclic) bond motifs is 3. The second-order valence-electron chi connectivity index (χ2n) is 7.43. The number of aryl methyl sites for hydroxylation is 1. The van der Waals surface area contributed by atoms with Gasteiger partial charge in [-0.15, -0.1) is 0 Å². The van der Waals surface area contributed by atoms with Gasteiger partial charge in [-0.2, -0.15) is 8.78 Å². The molecule has 6 nitrogen and oxygen atoms in total. The second-order valence-corrected chi connectivity index (χ2v) is 7.43. The molecule has 4 rings (SSSR count). The Balaban J connectivity index is 1.35. The third-order valence-corrected chi connectivity index (χ3v) is 5.24. The summed E-state index contributed by atoms with van der Waals surface area (Å²) in [7, 11) is 0. The standard InChI is InChI=1S/C26H22F2N2O4/c1-2-30-22-6-4-3-5-20(22)21-15-18(10-13-23(21)30)29-24(31)16-33-25(32)14-9-17-7-11-19(12-8-17)34-26(27)28/h3-15,26H,2,16H2,1H3,(H,29,31)/b14-9+. The number of hydrogen-bond donors (Lipinski definition) is 1. The van der Waals surface area contributed by atoms with Gasteiger partial charge in [-0.25, -0.2) is 4.79 Å². The first-order chi connectivity index (χ1) is 16.4. The Hall–Kier alpha value is -4.20. The van der Waals surface area contributed by atoms with E-state index in [1.165, 1.54) is 30.3 Å². The van der Waals surface area contributed by atoms with Gasteiger partial charge >= 0.3 is 12.6 Å². The third kappa shape index (κ3) is 5.23. The topological polar surface area (TPSA) is 69.6 Å². The number of benzene rings is 3. The lowest BCUT2D eigenvalue weighted by Crippen LogP contribution is -2.20. The molecule has 0 atom stereocenters. The normalized spacial score (nSPS) is 11.4. The molecule has 0 saturated heterocycles. The number of halogens is 2. The van der Waals surface area contributed by atoms with Gasteiger partial charge < -0.3 is 19.4 Å². The van der Waals surface area contributed by atoms with Gasteiger partial charge in [0.1, 0.15) is 5.75 Å². The van der Waals surface area contributed by atoms with E-state index in [1.807, 2.05) is 36.4 Å². The lowest BCUT2D eigenvalue weighted by Gasteiger charge is -2.07. The highest BCUT2D eigenvalue weighted by Gasteiger charge is 2.11. The molecule has 1 amide bonds. The van der Waals surface area contributed by atoms with Crippen molar-refractivity contribution >= 4 is 45.4 Å². The summed E-state index contributed by atoms with van der Waals surface area (Å²) in [5.41, 5.74) is 3.39. The molecule has 0 radical (unpaired) electrons. The van der Waals surface area contributed by atoms with Crippen molar-refractivity contribution in [3.8, 4) is 5.75 Å². The van der Waals surface area contributed by atoms with Crippen molar-refractivity contribution in [2.45, 2.75) is 20.1 Å². The van der Waals surface area contributed by atoms with Crippen molar-refractivity contribution in [1.82, 2.24) is 4.57 Å². The monoisotopic (exact) mass is 464 g/mol. The number of nitrogens with zero attached hydrogens (tertiary/aromatic N) is 1. The number of carbonyl (C=O) groups excluding carboxylic acids is 2. The molecule has 0 aliphatic carbocycles. The number of hydrogen-bond acceptors (Lipinski definition) is 4. The molecule has 1 aromatic heterocycles. The highest BCUT2D eigenvalue weighted by molar-refractivity contribution is 6.09. The number of esters is 1. The molecule has 34 heavy (non-hydrogen) atoms. The van der Waals surface area contributed by atoms with E-state index in [4.69, 9.17) is 4.74 Å². The summed E-state index contributed by atoms with van der Waals surface area (Å²) in [5.74, 6) is -1.15. The van der Waals surface area contributed by atoms with Crippen LogP contribution in [-0.4, -0.2) is 29.7 Å². The molecule has 1 N–H and O–H groups in total. The minimum Gasteiger partial charge on any atom is -0.452 e. The Labute approximate surface area is 194 Å². The summed E-state index contributed by atoms with van der Waals surface area (Å²) in [4.78, 5) is 24.2. The third-order valence-electron chi connectivity index (χ3n) is 5.24. The van der Waals surface area contributed by atoms with Gasteiger partial charge in [0.2, 0.25) is 0 Å². The van der Waals surface area contributed by atoms with Crippen molar-refractivity contribution in [1.29, 1.82) is 0 Å². The number of para-hydroxylation sites is 1. The van der Waals surface area contributed by atoms with Crippen LogP contribution >= 0.6 is 0 Å². The van der Waals surface area contributed by atoms with Gasteiger partial charge in [0, 0.05) is 40.1 Å². The van der Waals surface area contributed by atoms with Gasteiger partial charge in [-0.3, -0.25) is 4.79 Å². The molecule has 0 unspecified atom stereocenters. The second kappa shape index (κ2) is 10.2. The van der Waals surface area contributed by atoms with E-state index < -0.39 is 25.1 Å². The molecule has 0 bridgehead atoms. The lowest BCUT2D eigenvalue weighted by molar-refractivity contribution is -0.142. The first-order valence-corrected chi connectivity index (χ1v) is 10.6. The van der Waals surface area contributed by atoms with Gasteiger partial charge in [-0.05, 0) is 55.0 Å². The molecule has 0 saturated carbocycles. The van der Waals surface area contributed by atoms with Crippen molar-refractivity contribution < 1.29 is 27.8 Å². The number of anilines is 1. The van der Waals surface area contributed by atoms with Crippen LogP contribution in [0.5, 0.6) is 5.75 Å². The van der Waals surface area contributed by atoms with Crippen molar-refractivity contribution in [3.63, 3.8) is 0 Å². The molecule has 0 aliphatic rings. The average Bonchev–Trinajstić information content (AvgIpc) is 3.15. The van der Waals surface area contributed by atoms with Crippen LogP contribution in [0.3, 0.4) is 0 Å². The highest BCUT2D eigenvalue weighted by atomic mass is 19.3. The Morgan fingerprint density at radius 1 is 1.00 bits per heavy atom. The number of alkyl halides is 2. The number of amides is 1. The number of carbonyl (C=O) groups is 2. The Kier molecular flexibility index (Phi) is 6.87. The van der Waals surface area contributed by atoms with Crippen LogP contribution in [0, 0.1) is 0 Å². The van der Waals surface area contributed by atoms with Crippen LogP contribution in [0.2, 0.25) is 0 Å². The fourth-order valence-electron chi connectivity index (χ4n) is 3.78. The Morgan fingerprint density at radius 2 is 1.74 bits per heavy atom. The maximum atomic E-state index is 12.3. The molecular weight excluding hydrogens is 442 g/mol. The van der Waals surface area contributed by atoms with E-state index in [0.717, 1.165) is 34.4 Å². The molecule has 3 aromatic carbocycles. The van der Waals surface area contributed by atoms with E-state index in [0.29, 0.717) is 11.3 Å². The van der Waals surface area contributed by atoms with E-state index in [9.17, 15) is 18.4 Å². The minimum atomic E-state index is -2.90. The first-order valence-electron chi connectivity index (χ1n) is 10.6.